The Hall–Kier alpha value is -0.140. The first kappa shape index (κ1) is 5.01. The van der Waals surface area contributed by atoms with Crippen LogP contribution in [-0.2, 0) is 0 Å². The fourth-order valence-corrected chi connectivity index (χ4v) is 0.494. The van der Waals surface area contributed by atoms with Crippen LogP contribution < -0.4 is 0 Å². The molecule has 0 bridgehead atoms. The molecule has 41 valence electrons. The number of alkyl halides is 2. The molecule has 1 rings (SSSR count). The first-order valence-corrected chi connectivity index (χ1v) is 2.42. The van der Waals surface area contributed by atoms with E-state index in [2.05, 4.69) is 0 Å². The summed E-state index contributed by atoms with van der Waals surface area (Å²) in [5.74, 6) is 0.250. The van der Waals surface area contributed by atoms with Crippen LogP contribution in [0.3, 0.4) is 0 Å². The zero-order valence-electron chi connectivity index (χ0n) is 3.90. The summed E-state index contributed by atoms with van der Waals surface area (Å²) in [5, 5.41) is 0. The number of rotatable bonds is 2. The summed E-state index contributed by atoms with van der Waals surface area (Å²) < 4.78 is 22.5. The van der Waals surface area contributed by atoms with Crippen LogP contribution in [0, 0.1) is 12.3 Å². The summed E-state index contributed by atoms with van der Waals surface area (Å²) in [7, 11) is 0. The van der Waals surface area contributed by atoms with Crippen molar-refractivity contribution >= 4 is 0 Å². The fourth-order valence-electron chi connectivity index (χ4n) is 0.494. The van der Waals surface area contributed by atoms with Gasteiger partial charge in [0.05, 0.1) is 0 Å². The van der Waals surface area contributed by atoms with Crippen LogP contribution in [0.2, 0.25) is 0 Å². The highest BCUT2D eigenvalue weighted by molar-refractivity contribution is 4.88. The number of halogens is 2. The van der Waals surface area contributed by atoms with E-state index in [1.165, 1.54) is 0 Å². The van der Waals surface area contributed by atoms with Gasteiger partial charge in [-0.05, 0) is 18.8 Å². The molecular formula is C5H7F2. The van der Waals surface area contributed by atoms with Gasteiger partial charge in [0.1, 0.15) is 0 Å². The minimum Gasteiger partial charge on any atom is -0.210 e. The van der Waals surface area contributed by atoms with Crippen LogP contribution in [-0.4, -0.2) is 6.43 Å². The third kappa shape index (κ3) is 1.86. The molecule has 1 aliphatic carbocycles. The quantitative estimate of drug-likeness (QED) is 0.502. The molecule has 0 spiro atoms. The monoisotopic (exact) mass is 105 g/mol. The smallest absolute Gasteiger partial charge is 0.210 e. The lowest BCUT2D eigenvalue weighted by Crippen LogP contribution is -1.91. The Morgan fingerprint density at radius 1 is 1.43 bits per heavy atom. The highest BCUT2D eigenvalue weighted by Gasteiger charge is 2.25. The highest BCUT2D eigenvalue weighted by Crippen LogP contribution is 2.33. The Balaban J connectivity index is 1.97. The number of hydrogen-bond acceptors (Lipinski definition) is 0. The molecular weight excluding hydrogens is 98.1 g/mol. The first-order chi connectivity index (χ1) is 3.29. The van der Waals surface area contributed by atoms with Crippen molar-refractivity contribution < 1.29 is 8.78 Å². The first-order valence-electron chi connectivity index (χ1n) is 2.42. The molecule has 1 fully saturated rings. The Kier molecular flexibility index (Phi) is 1.26. The SMILES string of the molecule is FC(F)[CH]C1CC1. The second-order valence-corrected chi connectivity index (χ2v) is 1.86. The molecule has 1 aliphatic rings. The Bertz CT molecular complexity index is 57.1. The standard InChI is InChI=1S/C5H7F2/c6-5(7)3-4-1-2-4/h3-5H,1-2H2. The normalized spacial score (nSPS) is 21.0. The van der Waals surface area contributed by atoms with Gasteiger partial charge in [0.2, 0.25) is 6.43 Å². The molecule has 0 aromatic rings. The largest absolute Gasteiger partial charge is 0.242 e. The van der Waals surface area contributed by atoms with E-state index in [9.17, 15) is 8.78 Å². The number of hydrogen-bond donors (Lipinski definition) is 0. The molecule has 0 heterocycles. The molecule has 0 aromatic carbocycles. The van der Waals surface area contributed by atoms with Crippen molar-refractivity contribution in [1.82, 2.24) is 0 Å². The van der Waals surface area contributed by atoms with Gasteiger partial charge in [0.25, 0.3) is 0 Å². The molecule has 1 saturated carbocycles. The maximum atomic E-state index is 11.3. The average molecular weight is 105 g/mol. The van der Waals surface area contributed by atoms with Crippen LogP contribution in [0.15, 0.2) is 0 Å². The van der Waals surface area contributed by atoms with Gasteiger partial charge in [0, 0.05) is 6.42 Å². The summed E-state index contributed by atoms with van der Waals surface area (Å²) in [6.45, 7) is 0. The minimum absolute atomic E-state index is 0.250. The van der Waals surface area contributed by atoms with Gasteiger partial charge in [-0.25, -0.2) is 8.78 Å². The minimum atomic E-state index is -2.19. The van der Waals surface area contributed by atoms with Crippen LogP contribution in [0.1, 0.15) is 12.8 Å². The molecule has 0 atom stereocenters. The molecule has 0 N–H and O–H groups in total. The molecule has 0 nitrogen and oxygen atoms in total. The molecule has 0 aromatic heterocycles. The zero-order chi connectivity index (χ0) is 5.28. The van der Waals surface area contributed by atoms with E-state index in [0.29, 0.717) is 0 Å². The molecule has 0 amide bonds. The Morgan fingerprint density at radius 2 is 2.00 bits per heavy atom. The second kappa shape index (κ2) is 1.76. The maximum absolute atomic E-state index is 11.3. The Labute approximate surface area is 41.5 Å². The van der Waals surface area contributed by atoms with E-state index < -0.39 is 6.43 Å². The molecule has 7 heavy (non-hydrogen) atoms. The van der Waals surface area contributed by atoms with Gasteiger partial charge in [-0.3, -0.25) is 0 Å². The van der Waals surface area contributed by atoms with Crippen molar-refractivity contribution in [3.8, 4) is 0 Å². The molecule has 0 unspecified atom stereocenters. The lowest BCUT2D eigenvalue weighted by Gasteiger charge is -1.89. The summed E-state index contributed by atoms with van der Waals surface area (Å²) >= 11 is 0. The third-order valence-electron chi connectivity index (χ3n) is 1.04. The predicted molar refractivity (Wildman–Crippen MR) is 23.0 cm³/mol. The van der Waals surface area contributed by atoms with Crippen molar-refractivity contribution in [3.63, 3.8) is 0 Å². The van der Waals surface area contributed by atoms with Crippen molar-refractivity contribution in [2.24, 2.45) is 5.92 Å². The van der Waals surface area contributed by atoms with E-state index in [0.717, 1.165) is 19.3 Å². The van der Waals surface area contributed by atoms with Gasteiger partial charge in [-0.1, -0.05) is 0 Å². The summed E-state index contributed by atoms with van der Waals surface area (Å²) in [5.41, 5.74) is 0. The predicted octanol–water partition coefficient (Wildman–Crippen LogP) is 1.87. The van der Waals surface area contributed by atoms with E-state index >= 15 is 0 Å². The van der Waals surface area contributed by atoms with Crippen LogP contribution in [0.4, 0.5) is 8.78 Å². The van der Waals surface area contributed by atoms with Crippen molar-refractivity contribution in [1.29, 1.82) is 0 Å². The van der Waals surface area contributed by atoms with Crippen LogP contribution in [0.25, 0.3) is 0 Å². The molecule has 1 radical (unpaired) electrons. The van der Waals surface area contributed by atoms with Crippen molar-refractivity contribution in [2.45, 2.75) is 19.3 Å². The van der Waals surface area contributed by atoms with Gasteiger partial charge in [0.15, 0.2) is 0 Å². The average Bonchev–Trinajstić information content (AvgIpc) is 2.17. The zero-order valence-corrected chi connectivity index (χ0v) is 3.90. The van der Waals surface area contributed by atoms with Crippen molar-refractivity contribution in [2.75, 3.05) is 0 Å². The van der Waals surface area contributed by atoms with Crippen LogP contribution in [0.5, 0.6) is 0 Å². The van der Waals surface area contributed by atoms with Gasteiger partial charge in [-0.15, -0.1) is 0 Å². The fraction of sp³-hybridized carbons (Fsp3) is 0.800. The Morgan fingerprint density at radius 3 is 2.14 bits per heavy atom. The molecule has 2 heteroatoms. The highest BCUT2D eigenvalue weighted by atomic mass is 19.3. The second-order valence-electron chi connectivity index (χ2n) is 1.86. The lowest BCUT2D eigenvalue weighted by atomic mass is 10.3. The van der Waals surface area contributed by atoms with E-state index in [-0.39, 0.29) is 5.92 Å². The van der Waals surface area contributed by atoms with Gasteiger partial charge >= 0.3 is 0 Å². The van der Waals surface area contributed by atoms with Crippen LogP contribution >= 0.6 is 0 Å². The topological polar surface area (TPSA) is 0 Å². The summed E-state index contributed by atoms with van der Waals surface area (Å²) in [6, 6.07) is 0. The lowest BCUT2D eigenvalue weighted by molar-refractivity contribution is 0.178. The third-order valence-corrected chi connectivity index (χ3v) is 1.04. The van der Waals surface area contributed by atoms with E-state index in [1.807, 2.05) is 0 Å². The van der Waals surface area contributed by atoms with E-state index in [4.69, 9.17) is 0 Å². The maximum Gasteiger partial charge on any atom is 0.242 e. The summed E-state index contributed by atoms with van der Waals surface area (Å²) in [6.07, 6.45) is 0.877. The van der Waals surface area contributed by atoms with Gasteiger partial charge < -0.3 is 0 Å². The molecule has 0 saturated heterocycles. The van der Waals surface area contributed by atoms with Gasteiger partial charge in [-0.2, -0.15) is 0 Å². The summed E-state index contributed by atoms with van der Waals surface area (Å²) in [4.78, 5) is 0. The molecule has 0 aliphatic heterocycles. The van der Waals surface area contributed by atoms with E-state index in [1.54, 1.807) is 0 Å². The van der Waals surface area contributed by atoms with Crippen molar-refractivity contribution in [3.05, 3.63) is 6.42 Å².